The van der Waals surface area contributed by atoms with E-state index in [0.29, 0.717) is 27.6 Å². The fraction of sp³-hybridized carbons (Fsp3) is 0.389. The summed E-state index contributed by atoms with van der Waals surface area (Å²) in [6, 6.07) is 9.60. The molecule has 1 fully saturated rings. The van der Waals surface area contributed by atoms with Crippen LogP contribution in [0.4, 0.5) is 5.82 Å². The fourth-order valence-electron chi connectivity index (χ4n) is 3.00. The molecule has 0 saturated carbocycles. The average Bonchev–Trinajstić information content (AvgIpc) is 2.66. The predicted molar refractivity (Wildman–Crippen MR) is 104 cm³/mol. The molecule has 3 rings (SSSR count). The van der Waals surface area contributed by atoms with Crippen molar-refractivity contribution in [2.24, 2.45) is 0 Å². The third-order valence-corrected chi connectivity index (χ3v) is 5.19. The second kappa shape index (κ2) is 8.66. The van der Waals surface area contributed by atoms with Gasteiger partial charge in [0.25, 0.3) is 5.91 Å². The Balaban J connectivity index is 1.49. The molecule has 6 nitrogen and oxygen atoms in total. The summed E-state index contributed by atoms with van der Waals surface area (Å²) in [7, 11) is 1.57. The van der Waals surface area contributed by atoms with Crippen LogP contribution in [0.15, 0.2) is 30.3 Å². The highest BCUT2D eigenvalue weighted by Crippen LogP contribution is 2.24. The number of benzene rings is 1. The molecule has 0 aliphatic carbocycles. The van der Waals surface area contributed by atoms with Crippen LogP contribution in [-0.4, -0.2) is 47.2 Å². The van der Waals surface area contributed by atoms with Crippen molar-refractivity contribution in [1.29, 1.82) is 0 Å². The van der Waals surface area contributed by atoms with E-state index < -0.39 is 0 Å². The van der Waals surface area contributed by atoms with Gasteiger partial charge in [-0.25, -0.2) is 0 Å². The van der Waals surface area contributed by atoms with E-state index in [1.54, 1.807) is 19.2 Å². The van der Waals surface area contributed by atoms with Crippen molar-refractivity contribution < 1.29 is 4.79 Å². The maximum atomic E-state index is 11.5. The number of nitrogens with zero attached hydrogens (tertiary/aromatic N) is 3. The molecule has 26 heavy (non-hydrogen) atoms. The van der Waals surface area contributed by atoms with E-state index in [0.717, 1.165) is 32.5 Å². The van der Waals surface area contributed by atoms with Crippen LogP contribution in [0.5, 0.6) is 0 Å². The van der Waals surface area contributed by atoms with Crippen molar-refractivity contribution in [3.63, 3.8) is 0 Å². The summed E-state index contributed by atoms with van der Waals surface area (Å²) < 4.78 is 0. The van der Waals surface area contributed by atoms with Crippen LogP contribution < -0.4 is 10.6 Å². The summed E-state index contributed by atoms with van der Waals surface area (Å²) in [5.74, 6) is 0.459. The van der Waals surface area contributed by atoms with E-state index in [2.05, 4.69) is 25.7 Å². The molecule has 1 aliphatic heterocycles. The van der Waals surface area contributed by atoms with Gasteiger partial charge in [-0.05, 0) is 42.7 Å². The van der Waals surface area contributed by atoms with Crippen molar-refractivity contribution in [2.75, 3.05) is 25.5 Å². The third-order valence-electron chi connectivity index (χ3n) is 4.45. The summed E-state index contributed by atoms with van der Waals surface area (Å²) in [6.45, 7) is 2.84. The lowest BCUT2D eigenvalue weighted by atomic mass is 10.0. The Labute approximate surface area is 162 Å². The number of amides is 1. The van der Waals surface area contributed by atoms with Gasteiger partial charge in [-0.2, -0.15) is 0 Å². The Bertz CT molecular complexity index is 761. The Morgan fingerprint density at radius 2 is 1.92 bits per heavy atom. The van der Waals surface area contributed by atoms with Crippen molar-refractivity contribution in [3.8, 4) is 0 Å². The predicted octanol–water partition coefficient (Wildman–Crippen LogP) is 3.22. The summed E-state index contributed by atoms with van der Waals surface area (Å²) in [6.07, 6.45) is 2.03. The lowest BCUT2D eigenvalue weighted by molar-refractivity contribution is 0.0957. The first kappa shape index (κ1) is 18.9. The summed E-state index contributed by atoms with van der Waals surface area (Å²) >= 11 is 12.1. The standard InChI is InChI=1S/C18H21Cl2N5O/c1-21-18(26)16-4-5-17(24-23-16)22-13-6-8-25(9-7-13)11-12-2-3-14(19)15(20)10-12/h2-5,10,13H,6-9,11H2,1H3,(H,21,26)(H,22,24). The van der Waals surface area contributed by atoms with Gasteiger partial charge >= 0.3 is 0 Å². The highest BCUT2D eigenvalue weighted by Gasteiger charge is 2.20. The largest absolute Gasteiger partial charge is 0.366 e. The lowest BCUT2D eigenvalue weighted by Gasteiger charge is -2.32. The van der Waals surface area contributed by atoms with Crippen LogP contribution in [0.3, 0.4) is 0 Å². The molecule has 2 aromatic rings. The number of halogens is 2. The zero-order valence-electron chi connectivity index (χ0n) is 14.5. The Hall–Kier alpha value is -1.89. The molecule has 2 N–H and O–H groups in total. The molecule has 1 saturated heterocycles. The molecule has 1 amide bonds. The summed E-state index contributed by atoms with van der Waals surface area (Å²) in [5, 5.41) is 15.1. The van der Waals surface area contributed by atoms with Gasteiger partial charge in [0, 0.05) is 32.7 Å². The van der Waals surface area contributed by atoms with Crippen LogP contribution in [0.2, 0.25) is 10.0 Å². The summed E-state index contributed by atoms with van der Waals surface area (Å²) in [5.41, 5.74) is 1.48. The van der Waals surface area contributed by atoms with Gasteiger partial charge in [0.15, 0.2) is 5.69 Å². The molecular weight excluding hydrogens is 373 g/mol. The second-order valence-corrected chi connectivity index (χ2v) is 7.14. The van der Waals surface area contributed by atoms with Crippen LogP contribution in [-0.2, 0) is 6.54 Å². The number of piperidine rings is 1. The van der Waals surface area contributed by atoms with E-state index in [1.165, 1.54) is 5.56 Å². The molecule has 0 spiro atoms. The zero-order valence-corrected chi connectivity index (χ0v) is 16.0. The number of anilines is 1. The molecule has 1 aromatic carbocycles. The van der Waals surface area contributed by atoms with Crippen LogP contribution >= 0.6 is 23.2 Å². The SMILES string of the molecule is CNC(=O)c1ccc(NC2CCN(Cc3ccc(Cl)c(Cl)c3)CC2)nn1. The summed E-state index contributed by atoms with van der Waals surface area (Å²) in [4.78, 5) is 13.9. The Morgan fingerprint density at radius 1 is 1.15 bits per heavy atom. The van der Waals surface area contributed by atoms with Crippen molar-refractivity contribution in [1.82, 2.24) is 20.4 Å². The van der Waals surface area contributed by atoms with Gasteiger partial charge in [0.05, 0.1) is 10.0 Å². The minimum Gasteiger partial charge on any atom is -0.366 e. The molecule has 0 atom stereocenters. The Morgan fingerprint density at radius 3 is 2.54 bits per heavy atom. The number of carbonyl (C=O) groups excluding carboxylic acids is 1. The van der Waals surface area contributed by atoms with Crippen molar-refractivity contribution >= 4 is 34.9 Å². The second-order valence-electron chi connectivity index (χ2n) is 6.33. The molecule has 8 heteroatoms. The molecular formula is C18H21Cl2N5O. The molecule has 0 bridgehead atoms. The molecule has 2 heterocycles. The average molecular weight is 394 g/mol. The van der Waals surface area contributed by atoms with Gasteiger partial charge in [-0.3, -0.25) is 9.69 Å². The quantitative estimate of drug-likeness (QED) is 0.815. The van der Waals surface area contributed by atoms with Gasteiger partial charge < -0.3 is 10.6 Å². The molecule has 0 unspecified atom stereocenters. The van der Waals surface area contributed by atoms with E-state index in [-0.39, 0.29) is 5.91 Å². The molecule has 138 valence electrons. The highest BCUT2D eigenvalue weighted by atomic mass is 35.5. The number of likely N-dealkylation sites (tertiary alicyclic amines) is 1. The number of aromatic nitrogens is 2. The first-order valence-electron chi connectivity index (χ1n) is 8.54. The van der Waals surface area contributed by atoms with E-state index in [9.17, 15) is 4.79 Å². The fourth-order valence-corrected chi connectivity index (χ4v) is 3.32. The van der Waals surface area contributed by atoms with Crippen molar-refractivity contribution in [3.05, 3.63) is 51.6 Å². The van der Waals surface area contributed by atoms with Gasteiger partial charge in [0.2, 0.25) is 0 Å². The molecule has 1 aromatic heterocycles. The minimum atomic E-state index is -0.236. The first-order valence-corrected chi connectivity index (χ1v) is 9.29. The Kier molecular flexibility index (Phi) is 6.29. The normalized spacial score (nSPS) is 15.7. The maximum absolute atomic E-state index is 11.5. The van der Waals surface area contributed by atoms with E-state index in [4.69, 9.17) is 23.2 Å². The zero-order chi connectivity index (χ0) is 18.5. The number of nitrogens with one attached hydrogen (secondary N) is 2. The lowest BCUT2D eigenvalue weighted by Crippen LogP contribution is -2.38. The smallest absolute Gasteiger partial charge is 0.271 e. The topological polar surface area (TPSA) is 70.2 Å². The van der Waals surface area contributed by atoms with E-state index >= 15 is 0 Å². The monoisotopic (exact) mass is 393 g/mol. The molecule has 1 aliphatic rings. The first-order chi connectivity index (χ1) is 12.5. The van der Waals surface area contributed by atoms with Gasteiger partial charge in [0.1, 0.15) is 5.82 Å². The highest BCUT2D eigenvalue weighted by molar-refractivity contribution is 6.42. The maximum Gasteiger partial charge on any atom is 0.271 e. The number of hydrogen-bond donors (Lipinski definition) is 2. The van der Waals surface area contributed by atoms with Crippen LogP contribution in [0.1, 0.15) is 28.9 Å². The number of hydrogen-bond acceptors (Lipinski definition) is 5. The minimum absolute atomic E-state index is 0.236. The van der Waals surface area contributed by atoms with Crippen molar-refractivity contribution in [2.45, 2.75) is 25.4 Å². The molecule has 0 radical (unpaired) electrons. The van der Waals surface area contributed by atoms with Gasteiger partial charge in [-0.15, -0.1) is 10.2 Å². The number of rotatable bonds is 5. The number of carbonyl (C=O) groups is 1. The third kappa shape index (κ3) is 4.84. The van der Waals surface area contributed by atoms with E-state index in [1.807, 2.05) is 18.2 Å². The van der Waals surface area contributed by atoms with Gasteiger partial charge in [-0.1, -0.05) is 29.3 Å². The van der Waals surface area contributed by atoms with Crippen LogP contribution in [0, 0.1) is 0 Å². The van der Waals surface area contributed by atoms with Crippen LogP contribution in [0.25, 0.3) is 0 Å².